The largest absolute Gasteiger partial charge is 0.371 e. The van der Waals surface area contributed by atoms with Crippen molar-refractivity contribution >= 4 is 11.8 Å². The minimum absolute atomic E-state index is 0.296. The molecule has 3 rings (SSSR count). The molecule has 2 aromatic rings. The van der Waals surface area contributed by atoms with E-state index in [1.54, 1.807) is 19.4 Å². The summed E-state index contributed by atoms with van der Waals surface area (Å²) >= 11 is 0. The first kappa shape index (κ1) is 18.1. The van der Waals surface area contributed by atoms with Crippen molar-refractivity contribution in [3.8, 4) is 0 Å². The lowest BCUT2D eigenvalue weighted by atomic mass is 10.3. The summed E-state index contributed by atoms with van der Waals surface area (Å²) in [5.41, 5.74) is -0.617. The van der Waals surface area contributed by atoms with Crippen molar-refractivity contribution in [2.45, 2.75) is 6.42 Å². The molecule has 1 N–H and O–H groups in total. The van der Waals surface area contributed by atoms with E-state index in [0.717, 1.165) is 49.7 Å². The van der Waals surface area contributed by atoms with Crippen LogP contribution < -0.4 is 21.5 Å². The first-order valence-electron chi connectivity index (χ1n) is 8.81. The Morgan fingerprint density at radius 2 is 1.73 bits per heavy atom. The van der Waals surface area contributed by atoms with Gasteiger partial charge in [-0.15, -0.1) is 0 Å². The van der Waals surface area contributed by atoms with Crippen LogP contribution in [0.25, 0.3) is 0 Å². The maximum absolute atomic E-state index is 11.9. The Bertz CT molecular complexity index is 838. The van der Waals surface area contributed by atoms with E-state index in [4.69, 9.17) is 0 Å². The molecule has 1 aliphatic heterocycles. The number of nitrogens with zero attached hydrogens (tertiary/aromatic N) is 6. The van der Waals surface area contributed by atoms with Crippen LogP contribution in [-0.4, -0.2) is 63.3 Å². The van der Waals surface area contributed by atoms with Crippen LogP contribution in [0.15, 0.2) is 34.1 Å². The maximum Gasteiger partial charge on any atom is 0.332 e. The van der Waals surface area contributed by atoms with Gasteiger partial charge in [0.1, 0.15) is 5.82 Å². The van der Waals surface area contributed by atoms with E-state index in [1.165, 1.54) is 17.7 Å². The highest BCUT2D eigenvalue weighted by Crippen LogP contribution is 2.09. The number of hydrogen-bond donors (Lipinski definition) is 1. The molecule has 1 fully saturated rings. The summed E-state index contributed by atoms with van der Waals surface area (Å²) in [6, 6.07) is 3.28. The number of nitrogens with one attached hydrogen (secondary N) is 1. The van der Waals surface area contributed by atoms with E-state index >= 15 is 0 Å². The van der Waals surface area contributed by atoms with Crippen LogP contribution in [-0.2, 0) is 14.1 Å². The number of anilines is 2. The van der Waals surface area contributed by atoms with Gasteiger partial charge in [-0.3, -0.25) is 18.8 Å². The third-order valence-corrected chi connectivity index (χ3v) is 4.69. The SMILES string of the molecule is Cn1c(NCCCN2CCN(c3ncccn3)CC2)cc(=O)n(C)c1=O. The predicted molar refractivity (Wildman–Crippen MR) is 101 cm³/mol. The van der Waals surface area contributed by atoms with E-state index in [-0.39, 0.29) is 11.2 Å². The molecule has 0 aliphatic carbocycles. The number of rotatable bonds is 6. The van der Waals surface area contributed by atoms with Gasteiger partial charge in [-0.25, -0.2) is 14.8 Å². The number of hydrogen-bond acceptors (Lipinski definition) is 7. The summed E-state index contributed by atoms with van der Waals surface area (Å²) in [7, 11) is 3.14. The van der Waals surface area contributed by atoms with E-state index in [0.29, 0.717) is 12.4 Å². The lowest BCUT2D eigenvalue weighted by Gasteiger charge is -2.34. The molecule has 0 radical (unpaired) electrons. The quantitative estimate of drug-likeness (QED) is 0.696. The van der Waals surface area contributed by atoms with Gasteiger partial charge in [0, 0.05) is 65.3 Å². The first-order chi connectivity index (χ1) is 12.6. The zero-order valence-corrected chi connectivity index (χ0v) is 15.3. The molecule has 0 amide bonds. The fourth-order valence-corrected chi connectivity index (χ4v) is 3.05. The van der Waals surface area contributed by atoms with Gasteiger partial charge in [0.25, 0.3) is 5.56 Å². The van der Waals surface area contributed by atoms with E-state index < -0.39 is 0 Å². The van der Waals surface area contributed by atoms with E-state index in [9.17, 15) is 9.59 Å². The highest BCUT2D eigenvalue weighted by Gasteiger charge is 2.18. The van der Waals surface area contributed by atoms with Crippen LogP contribution in [0.3, 0.4) is 0 Å². The zero-order chi connectivity index (χ0) is 18.5. The Morgan fingerprint density at radius 3 is 2.42 bits per heavy atom. The normalized spacial score (nSPS) is 15.2. The lowest BCUT2D eigenvalue weighted by Crippen LogP contribution is -2.47. The molecular weight excluding hydrogens is 334 g/mol. The van der Waals surface area contributed by atoms with Crippen molar-refractivity contribution < 1.29 is 0 Å². The fourth-order valence-electron chi connectivity index (χ4n) is 3.05. The topological polar surface area (TPSA) is 88.3 Å². The van der Waals surface area contributed by atoms with Crippen molar-refractivity contribution in [1.82, 2.24) is 24.0 Å². The van der Waals surface area contributed by atoms with Crippen LogP contribution in [0.4, 0.5) is 11.8 Å². The molecule has 9 nitrogen and oxygen atoms in total. The molecule has 0 atom stereocenters. The molecule has 26 heavy (non-hydrogen) atoms. The summed E-state index contributed by atoms with van der Waals surface area (Å²) in [6.45, 7) is 5.46. The van der Waals surface area contributed by atoms with Gasteiger partial charge in [0.05, 0.1) is 0 Å². The third kappa shape index (κ3) is 4.10. The Kier molecular flexibility index (Phi) is 5.67. The molecule has 1 saturated heterocycles. The second kappa shape index (κ2) is 8.13. The molecule has 140 valence electrons. The monoisotopic (exact) mass is 359 g/mol. The standard InChI is InChI=1S/C17H25N7O2/c1-21-14(13-15(25)22(2)17(21)26)18-7-4-8-23-9-11-24(12-10-23)16-19-5-3-6-20-16/h3,5-6,13,18H,4,7-12H2,1-2H3. The van der Waals surface area contributed by atoms with Crippen LogP contribution in [0.1, 0.15) is 6.42 Å². The number of piperazine rings is 1. The highest BCUT2D eigenvalue weighted by atomic mass is 16.2. The van der Waals surface area contributed by atoms with Crippen molar-refractivity contribution in [3.05, 3.63) is 45.4 Å². The van der Waals surface area contributed by atoms with Gasteiger partial charge in [0.2, 0.25) is 5.95 Å². The average molecular weight is 359 g/mol. The Morgan fingerprint density at radius 1 is 1.04 bits per heavy atom. The van der Waals surface area contributed by atoms with Gasteiger partial charge in [-0.2, -0.15) is 0 Å². The second-order valence-corrected chi connectivity index (χ2v) is 6.43. The molecule has 9 heteroatoms. The molecule has 0 aromatic carbocycles. The Balaban J connectivity index is 1.43. The molecular formula is C17H25N7O2. The molecule has 3 heterocycles. The molecule has 1 aliphatic rings. The van der Waals surface area contributed by atoms with E-state index in [2.05, 4.69) is 25.1 Å². The van der Waals surface area contributed by atoms with Crippen LogP contribution in [0, 0.1) is 0 Å². The van der Waals surface area contributed by atoms with Gasteiger partial charge < -0.3 is 10.2 Å². The van der Waals surface area contributed by atoms with Gasteiger partial charge in [0.15, 0.2) is 0 Å². The summed E-state index contributed by atoms with van der Waals surface area (Å²) < 4.78 is 2.56. The van der Waals surface area contributed by atoms with Crippen LogP contribution in [0.2, 0.25) is 0 Å². The van der Waals surface area contributed by atoms with Crippen LogP contribution in [0.5, 0.6) is 0 Å². The summed E-state index contributed by atoms with van der Waals surface area (Å²) in [5.74, 6) is 1.35. The van der Waals surface area contributed by atoms with Crippen molar-refractivity contribution in [1.29, 1.82) is 0 Å². The molecule has 0 spiro atoms. The van der Waals surface area contributed by atoms with Crippen LogP contribution >= 0.6 is 0 Å². The van der Waals surface area contributed by atoms with E-state index in [1.807, 2.05) is 6.07 Å². The average Bonchev–Trinajstić information content (AvgIpc) is 2.68. The van der Waals surface area contributed by atoms with Crippen molar-refractivity contribution in [3.63, 3.8) is 0 Å². The fraction of sp³-hybridized carbons (Fsp3) is 0.529. The number of aromatic nitrogens is 4. The highest BCUT2D eigenvalue weighted by molar-refractivity contribution is 5.33. The zero-order valence-electron chi connectivity index (χ0n) is 15.3. The molecule has 2 aromatic heterocycles. The van der Waals surface area contributed by atoms with Crippen molar-refractivity contribution in [2.24, 2.45) is 14.1 Å². The lowest BCUT2D eigenvalue weighted by molar-refractivity contribution is 0.256. The first-order valence-corrected chi connectivity index (χ1v) is 8.81. The van der Waals surface area contributed by atoms with Crippen molar-refractivity contribution in [2.75, 3.05) is 49.5 Å². The van der Waals surface area contributed by atoms with Gasteiger partial charge in [-0.1, -0.05) is 0 Å². The Labute approximate surface area is 151 Å². The summed E-state index contributed by atoms with van der Waals surface area (Å²) in [4.78, 5) is 36.8. The molecule has 0 saturated carbocycles. The predicted octanol–water partition coefficient (Wildman–Crippen LogP) is -0.502. The van der Waals surface area contributed by atoms with Gasteiger partial charge in [-0.05, 0) is 19.0 Å². The molecule has 0 unspecified atom stereocenters. The smallest absolute Gasteiger partial charge is 0.332 e. The minimum Gasteiger partial charge on any atom is -0.371 e. The molecule has 0 bridgehead atoms. The second-order valence-electron chi connectivity index (χ2n) is 6.43. The summed E-state index contributed by atoms with van der Waals surface area (Å²) in [5, 5.41) is 3.19. The third-order valence-electron chi connectivity index (χ3n) is 4.69. The minimum atomic E-state index is -0.320. The maximum atomic E-state index is 11.9. The van der Waals surface area contributed by atoms with Gasteiger partial charge >= 0.3 is 5.69 Å². The Hall–Kier alpha value is -2.68. The summed E-state index contributed by atoms with van der Waals surface area (Å²) in [6.07, 6.45) is 4.47.